The fourth-order valence-corrected chi connectivity index (χ4v) is 4.99. The molecule has 7 heteroatoms. The van der Waals surface area contributed by atoms with Gasteiger partial charge in [-0.2, -0.15) is 0 Å². The van der Waals surface area contributed by atoms with E-state index in [9.17, 15) is 25.2 Å². The normalized spacial score (nSPS) is 14.3. The van der Waals surface area contributed by atoms with Crippen LogP contribution in [0.4, 0.5) is 0 Å². The van der Waals surface area contributed by atoms with E-state index in [1.54, 1.807) is 12.1 Å². The molecule has 3 aromatic carbocycles. The molecule has 0 radical (unpaired) electrons. The van der Waals surface area contributed by atoms with Gasteiger partial charge in [0.1, 0.15) is 5.78 Å². The van der Waals surface area contributed by atoms with Crippen LogP contribution in [0.1, 0.15) is 41.5 Å². The maximum atomic E-state index is 13.4. The van der Waals surface area contributed by atoms with Gasteiger partial charge in [0.25, 0.3) is 0 Å². The number of aliphatic hydroxyl groups excluding tert-OH is 1. The highest BCUT2D eigenvalue weighted by molar-refractivity contribution is 5.82. The SMILES string of the molecule is COc1cc(CCC(=O)[C@H](Cc2ccccc2)[C@H](O)CCc2ccc(O)c3c2CCCO3)cc(O)c1O. The number of carbonyl (C=O) groups excluding carboxylic acids is 1. The van der Waals surface area contributed by atoms with Crippen LogP contribution in [0.5, 0.6) is 28.7 Å². The Labute approximate surface area is 216 Å². The third-order valence-electron chi connectivity index (χ3n) is 7.03. The molecule has 0 aromatic heterocycles. The van der Waals surface area contributed by atoms with Crippen molar-refractivity contribution in [1.29, 1.82) is 0 Å². The predicted molar refractivity (Wildman–Crippen MR) is 140 cm³/mol. The molecular formula is C30H34O7. The van der Waals surface area contributed by atoms with Crippen LogP contribution in [0.2, 0.25) is 0 Å². The van der Waals surface area contributed by atoms with E-state index in [2.05, 4.69) is 0 Å². The Balaban J connectivity index is 1.48. The first-order valence-electron chi connectivity index (χ1n) is 12.7. The molecule has 2 atom stereocenters. The molecule has 0 amide bonds. The second-order valence-corrected chi connectivity index (χ2v) is 9.54. The zero-order valence-corrected chi connectivity index (χ0v) is 21.0. The molecule has 4 rings (SSSR count). The van der Waals surface area contributed by atoms with Gasteiger partial charge in [0.05, 0.1) is 19.8 Å². The fourth-order valence-electron chi connectivity index (χ4n) is 4.99. The summed E-state index contributed by atoms with van der Waals surface area (Å²) in [5, 5.41) is 41.2. The van der Waals surface area contributed by atoms with Crippen molar-refractivity contribution in [2.24, 2.45) is 5.92 Å². The number of phenolic OH excluding ortho intramolecular Hbond substituents is 3. The second-order valence-electron chi connectivity index (χ2n) is 9.54. The van der Waals surface area contributed by atoms with Crippen molar-refractivity contribution in [1.82, 2.24) is 0 Å². The number of Topliss-reactive ketones (excluding diaryl/α,β-unsaturated/α-hetero) is 1. The molecule has 0 fully saturated rings. The van der Waals surface area contributed by atoms with Crippen molar-refractivity contribution in [2.75, 3.05) is 13.7 Å². The number of phenols is 3. The zero-order chi connectivity index (χ0) is 26.4. The van der Waals surface area contributed by atoms with Crippen LogP contribution < -0.4 is 9.47 Å². The van der Waals surface area contributed by atoms with Gasteiger partial charge >= 0.3 is 0 Å². The first kappa shape index (κ1) is 26.4. The van der Waals surface area contributed by atoms with Gasteiger partial charge in [-0.05, 0) is 73.4 Å². The number of ketones is 1. The van der Waals surface area contributed by atoms with Gasteiger partial charge in [0.15, 0.2) is 23.0 Å². The Morgan fingerprint density at radius 1 is 1.00 bits per heavy atom. The van der Waals surface area contributed by atoms with E-state index in [0.29, 0.717) is 43.6 Å². The third kappa shape index (κ3) is 6.35. The minimum atomic E-state index is -0.857. The lowest BCUT2D eigenvalue weighted by Gasteiger charge is -2.24. The average molecular weight is 507 g/mol. The van der Waals surface area contributed by atoms with Crippen LogP contribution in [0, 0.1) is 5.92 Å². The molecular weight excluding hydrogens is 472 g/mol. The molecule has 0 aliphatic carbocycles. The quantitative estimate of drug-likeness (QED) is 0.283. The average Bonchev–Trinajstić information content (AvgIpc) is 2.92. The van der Waals surface area contributed by atoms with E-state index < -0.39 is 12.0 Å². The highest BCUT2D eigenvalue weighted by Crippen LogP contribution is 2.38. The lowest BCUT2D eigenvalue weighted by molar-refractivity contribution is -0.126. The van der Waals surface area contributed by atoms with Crippen LogP contribution in [0.25, 0.3) is 0 Å². The number of hydrogen-bond donors (Lipinski definition) is 4. The van der Waals surface area contributed by atoms with Crippen LogP contribution in [-0.4, -0.2) is 46.0 Å². The Morgan fingerprint density at radius 3 is 2.54 bits per heavy atom. The number of fused-ring (bicyclic) bond motifs is 1. The Hall–Kier alpha value is -3.71. The van der Waals surface area contributed by atoms with Crippen molar-refractivity contribution in [2.45, 2.75) is 51.0 Å². The summed E-state index contributed by atoms with van der Waals surface area (Å²) in [6.45, 7) is 0.574. The molecule has 1 heterocycles. The maximum absolute atomic E-state index is 13.4. The van der Waals surface area contributed by atoms with E-state index in [4.69, 9.17) is 9.47 Å². The van der Waals surface area contributed by atoms with Gasteiger partial charge in [0.2, 0.25) is 5.75 Å². The van der Waals surface area contributed by atoms with Gasteiger partial charge in [-0.15, -0.1) is 0 Å². The zero-order valence-electron chi connectivity index (χ0n) is 21.0. The van der Waals surface area contributed by atoms with Crippen LogP contribution >= 0.6 is 0 Å². The Bertz CT molecular complexity index is 1220. The lowest BCUT2D eigenvalue weighted by Crippen LogP contribution is -2.31. The summed E-state index contributed by atoms with van der Waals surface area (Å²) in [6, 6.07) is 16.2. The molecule has 1 aliphatic rings. The van der Waals surface area contributed by atoms with Gasteiger partial charge in [-0.1, -0.05) is 36.4 Å². The Kier molecular flexibility index (Phi) is 8.56. The molecule has 0 spiro atoms. The largest absolute Gasteiger partial charge is 0.504 e. The summed E-state index contributed by atoms with van der Waals surface area (Å²) >= 11 is 0. The minimum Gasteiger partial charge on any atom is -0.504 e. The number of ether oxygens (including phenoxy) is 2. The molecule has 0 saturated carbocycles. The highest BCUT2D eigenvalue weighted by atomic mass is 16.5. The van der Waals surface area contributed by atoms with E-state index >= 15 is 0 Å². The molecule has 1 aliphatic heterocycles. The number of aromatic hydroxyl groups is 3. The van der Waals surface area contributed by atoms with Gasteiger partial charge < -0.3 is 29.9 Å². The lowest BCUT2D eigenvalue weighted by atomic mass is 9.84. The summed E-state index contributed by atoms with van der Waals surface area (Å²) in [7, 11) is 1.40. The number of methoxy groups -OCH3 is 1. The standard InChI is InChI=1S/C30H34O7/c1-36-28-18-20(17-27(34)29(28)35)9-12-24(31)23(16-19-6-3-2-4-7-19)25(32)13-10-21-11-14-26(33)30-22(21)8-5-15-37-30/h2-4,6-7,11,14,17-18,23,25,32-35H,5,8-10,12-13,15-16H2,1H3/t23-,25+/m0/s1. The van der Waals surface area contributed by atoms with E-state index in [0.717, 1.165) is 29.5 Å². The highest BCUT2D eigenvalue weighted by Gasteiger charge is 2.28. The first-order chi connectivity index (χ1) is 17.9. The van der Waals surface area contributed by atoms with Crippen molar-refractivity contribution in [3.05, 3.63) is 76.9 Å². The van der Waals surface area contributed by atoms with Crippen molar-refractivity contribution in [3.63, 3.8) is 0 Å². The van der Waals surface area contributed by atoms with Gasteiger partial charge in [-0.3, -0.25) is 4.79 Å². The number of hydrogen-bond acceptors (Lipinski definition) is 7. The molecule has 37 heavy (non-hydrogen) atoms. The molecule has 0 saturated heterocycles. The summed E-state index contributed by atoms with van der Waals surface area (Å²) in [4.78, 5) is 13.4. The summed E-state index contributed by atoms with van der Waals surface area (Å²) in [6.07, 6.45) is 2.71. The molecule has 7 nitrogen and oxygen atoms in total. The third-order valence-corrected chi connectivity index (χ3v) is 7.03. The molecule has 0 unspecified atom stereocenters. The van der Waals surface area contributed by atoms with Crippen LogP contribution in [-0.2, 0) is 30.5 Å². The molecule has 0 bridgehead atoms. The fraction of sp³-hybridized carbons (Fsp3) is 0.367. The first-order valence-corrected chi connectivity index (χ1v) is 12.7. The number of aliphatic hydroxyl groups is 1. The van der Waals surface area contributed by atoms with Crippen molar-refractivity contribution >= 4 is 5.78 Å². The van der Waals surface area contributed by atoms with Crippen LogP contribution in [0.3, 0.4) is 0 Å². The maximum Gasteiger partial charge on any atom is 0.200 e. The monoisotopic (exact) mass is 506 g/mol. The smallest absolute Gasteiger partial charge is 0.200 e. The second kappa shape index (κ2) is 12.0. The van der Waals surface area contributed by atoms with Crippen LogP contribution in [0.15, 0.2) is 54.6 Å². The van der Waals surface area contributed by atoms with Gasteiger partial charge in [-0.25, -0.2) is 0 Å². The van der Waals surface area contributed by atoms with Crippen molar-refractivity contribution in [3.8, 4) is 28.7 Å². The van der Waals surface area contributed by atoms with E-state index in [-0.39, 0.29) is 35.2 Å². The number of rotatable bonds is 11. The van der Waals surface area contributed by atoms with E-state index in [1.165, 1.54) is 13.2 Å². The van der Waals surface area contributed by atoms with Crippen molar-refractivity contribution < 1.29 is 34.7 Å². The predicted octanol–water partition coefficient (Wildman–Crippen LogP) is 4.49. The summed E-state index contributed by atoms with van der Waals surface area (Å²) < 4.78 is 10.8. The summed E-state index contributed by atoms with van der Waals surface area (Å²) in [5.41, 5.74) is 3.62. The van der Waals surface area contributed by atoms with Gasteiger partial charge in [0, 0.05) is 17.9 Å². The molecule has 3 aromatic rings. The number of benzene rings is 3. The number of aryl methyl sites for hydroxylation is 2. The molecule has 4 N–H and O–H groups in total. The number of carbonyl (C=O) groups is 1. The minimum absolute atomic E-state index is 0.0704. The topological polar surface area (TPSA) is 116 Å². The van der Waals surface area contributed by atoms with E-state index in [1.807, 2.05) is 36.4 Å². The molecule has 196 valence electrons. The summed E-state index contributed by atoms with van der Waals surface area (Å²) in [5.74, 6) is -0.501. The Morgan fingerprint density at radius 2 is 1.78 bits per heavy atom.